The lowest BCUT2D eigenvalue weighted by Crippen LogP contribution is -2.55. The van der Waals surface area contributed by atoms with Gasteiger partial charge in [-0.25, -0.2) is 0 Å². The number of carbonyl (C=O) groups excluding carboxylic acids is 2. The SMILES string of the molecule is CCC(C)(C)CC(C)C(=O)OC1C2CC3CC(C2)C(=O)C1C3. The van der Waals surface area contributed by atoms with Gasteiger partial charge in [-0.15, -0.1) is 0 Å². The molecule has 6 atom stereocenters. The van der Waals surface area contributed by atoms with Crippen molar-refractivity contribution in [2.45, 2.75) is 72.3 Å². The van der Waals surface area contributed by atoms with Crippen LogP contribution in [0.25, 0.3) is 0 Å². The molecular formula is C19H30O3. The number of Topliss-reactive ketones (excluding diaryl/α,β-unsaturated/α-hetero) is 1. The summed E-state index contributed by atoms with van der Waals surface area (Å²) in [5.41, 5.74) is 0.165. The van der Waals surface area contributed by atoms with E-state index in [4.69, 9.17) is 4.74 Å². The minimum Gasteiger partial charge on any atom is -0.461 e. The minimum absolute atomic E-state index is 0.00610. The first kappa shape index (κ1) is 16.0. The van der Waals surface area contributed by atoms with Gasteiger partial charge >= 0.3 is 5.97 Å². The van der Waals surface area contributed by atoms with Crippen LogP contribution in [0.3, 0.4) is 0 Å². The highest BCUT2D eigenvalue weighted by Gasteiger charge is 2.54. The van der Waals surface area contributed by atoms with Gasteiger partial charge in [0.05, 0.1) is 11.8 Å². The molecule has 4 rings (SSSR count). The third kappa shape index (κ3) is 2.83. The van der Waals surface area contributed by atoms with Crippen molar-refractivity contribution in [2.24, 2.45) is 35.0 Å². The van der Waals surface area contributed by atoms with Crippen molar-refractivity contribution in [2.75, 3.05) is 0 Å². The molecule has 22 heavy (non-hydrogen) atoms. The van der Waals surface area contributed by atoms with E-state index in [-0.39, 0.29) is 35.2 Å². The largest absolute Gasteiger partial charge is 0.461 e. The summed E-state index contributed by atoms with van der Waals surface area (Å²) in [5, 5.41) is 0. The smallest absolute Gasteiger partial charge is 0.308 e. The molecule has 0 heterocycles. The summed E-state index contributed by atoms with van der Waals surface area (Å²) in [7, 11) is 0. The van der Waals surface area contributed by atoms with Gasteiger partial charge < -0.3 is 4.74 Å². The van der Waals surface area contributed by atoms with Crippen LogP contribution in [0.15, 0.2) is 0 Å². The van der Waals surface area contributed by atoms with Gasteiger partial charge in [-0.05, 0) is 49.4 Å². The predicted octanol–water partition coefficient (Wildman–Crippen LogP) is 4.00. The van der Waals surface area contributed by atoms with Gasteiger partial charge in [-0.3, -0.25) is 9.59 Å². The van der Waals surface area contributed by atoms with E-state index < -0.39 is 0 Å². The molecule has 4 bridgehead atoms. The first-order valence-corrected chi connectivity index (χ1v) is 9.05. The van der Waals surface area contributed by atoms with Crippen LogP contribution >= 0.6 is 0 Å². The van der Waals surface area contributed by atoms with Gasteiger partial charge in [-0.1, -0.05) is 34.1 Å². The summed E-state index contributed by atoms with van der Waals surface area (Å²) >= 11 is 0. The molecule has 0 N–H and O–H groups in total. The highest BCUT2D eigenvalue weighted by atomic mass is 16.5. The van der Waals surface area contributed by atoms with E-state index in [1.54, 1.807) is 0 Å². The van der Waals surface area contributed by atoms with Crippen molar-refractivity contribution in [3.8, 4) is 0 Å². The van der Waals surface area contributed by atoms with Crippen LogP contribution in [-0.4, -0.2) is 17.9 Å². The molecule has 3 nitrogen and oxygen atoms in total. The normalized spacial score (nSPS) is 38.2. The van der Waals surface area contributed by atoms with E-state index in [1.807, 2.05) is 6.92 Å². The fourth-order valence-corrected chi connectivity index (χ4v) is 5.07. The molecule has 0 amide bonds. The lowest BCUT2D eigenvalue weighted by atomic mass is 9.54. The number of ketones is 1. The van der Waals surface area contributed by atoms with E-state index in [1.165, 1.54) is 0 Å². The van der Waals surface area contributed by atoms with Gasteiger partial charge in [-0.2, -0.15) is 0 Å². The predicted molar refractivity (Wildman–Crippen MR) is 85.2 cm³/mol. The van der Waals surface area contributed by atoms with Gasteiger partial charge in [0.25, 0.3) is 0 Å². The van der Waals surface area contributed by atoms with Crippen molar-refractivity contribution in [1.29, 1.82) is 0 Å². The Bertz CT molecular complexity index is 467. The molecule has 6 unspecified atom stereocenters. The second-order valence-electron chi connectivity index (χ2n) is 8.80. The lowest BCUT2D eigenvalue weighted by molar-refractivity contribution is -0.179. The monoisotopic (exact) mass is 306 g/mol. The third-order valence-corrected chi connectivity index (χ3v) is 6.53. The second-order valence-corrected chi connectivity index (χ2v) is 8.80. The van der Waals surface area contributed by atoms with Crippen molar-refractivity contribution >= 4 is 11.8 Å². The molecule has 0 saturated heterocycles. The molecule has 0 aromatic rings. The molecular weight excluding hydrogens is 276 g/mol. The summed E-state index contributed by atoms with van der Waals surface area (Å²) in [5.74, 6) is 1.63. The molecule has 0 aromatic carbocycles. The first-order chi connectivity index (χ1) is 10.3. The Morgan fingerprint density at radius 2 is 2.00 bits per heavy atom. The fourth-order valence-electron chi connectivity index (χ4n) is 5.07. The molecule has 124 valence electrons. The van der Waals surface area contributed by atoms with Gasteiger partial charge in [0, 0.05) is 5.92 Å². The summed E-state index contributed by atoms with van der Waals surface area (Å²) in [6.45, 7) is 8.53. The van der Waals surface area contributed by atoms with Crippen LogP contribution in [0.2, 0.25) is 0 Å². The van der Waals surface area contributed by atoms with E-state index in [9.17, 15) is 9.59 Å². The number of esters is 1. The Balaban J connectivity index is 1.63. The molecule has 3 heteroatoms. The summed E-state index contributed by atoms with van der Waals surface area (Å²) in [4.78, 5) is 24.9. The van der Waals surface area contributed by atoms with Crippen LogP contribution in [0.4, 0.5) is 0 Å². The summed E-state index contributed by atoms with van der Waals surface area (Å²) in [6.07, 6.45) is 5.95. The minimum atomic E-state index is -0.125. The molecule has 4 fully saturated rings. The van der Waals surface area contributed by atoms with Crippen molar-refractivity contribution in [1.82, 2.24) is 0 Å². The van der Waals surface area contributed by atoms with Crippen LogP contribution in [0, 0.1) is 35.0 Å². The van der Waals surface area contributed by atoms with E-state index in [0.29, 0.717) is 17.6 Å². The Morgan fingerprint density at radius 1 is 1.27 bits per heavy atom. The Hall–Kier alpha value is -0.860. The van der Waals surface area contributed by atoms with Crippen LogP contribution < -0.4 is 0 Å². The fraction of sp³-hybridized carbons (Fsp3) is 0.895. The van der Waals surface area contributed by atoms with Crippen LogP contribution in [0.5, 0.6) is 0 Å². The highest BCUT2D eigenvalue weighted by Crippen LogP contribution is 2.53. The van der Waals surface area contributed by atoms with Gasteiger partial charge in [0.15, 0.2) is 0 Å². The molecule has 0 aliphatic heterocycles. The Labute approximate surface area is 134 Å². The zero-order valence-electron chi connectivity index (χ0n) is 14.4. The quantitative estimate of drug-likeness (QED) is 0.721. The third-order valence-electron chi connectivity index (χ3n) is 6.53. The number of carbonyl (C=O) groups is 2. The number of ether oxygens (including phenoxy) is 1. The maximum Gasteiger partial charge on any atom is 0.308 e. The molecule has 4 aliphatic carbocycles. The maximum atomic E-state index is 12.5. The van der Waals surface area contributed by atoms with Crippen LogP contribution in [0.1, 0.15) is 66.2 Å². The molecule has 0 radical (unpaired) electrons. The van der Waals surface area contributed by atoms with Gasteiger partial charge in [0.2, 0.25) is 0 Å². The number of hydrogen-bond acceptors (Lipinski definition) is 3. The van der Waals surface area contributed by atoms with E-state index >= 15 is 0 Å². The van der Waals surface area contributed by atoms with Crippen molar-refractivity contribution in [3.63, 3.8) is 0 Å². The topological polar surface area (TPSA) is 43.4 Å². The highest BCUT2D eigenvalue weighted by molar-refractivity contribution is 5.86. The standard InChI is InChI=1S/C19H30O3/c1-5-19(3,4)10-11(2)18(21)22-17-14-7-12-6-13(9-14)16(20)15(17)8-12/h11-15,17H,5-10H2,1-4H3. The molecule has 4 saturated carbocycles. The molecule has 0 spiro atoms. The maximum absolute atomic E-state index is 12.5. The number of rotatable bonds is 5. The Morgan fingerprint density at radius 3 is 2.68 bits per heavy atom. The van der Waals surface area contributed by atoms with E-state index in [2.05, 4.69) is 20.8 Å². The first-order valence-electron chi connectivity index (χ1n) is 9.05. The van der Waals surface area contributed by atoms with Gasteiger partial charge in [0.1, 0.15) is 11.9 Å². The average molecular weight is 306 g/mol. The molecule has 0 aromatic heterocycles. The summed E-state index contributed by atoms with van der Waals surface area (Å²) in [6, 6.07) is 0. The molecule has 4 aliphatic rings. The van der Waals surface area contributed by atoms with E-state index in [0.717, 1.165) is 38.5 Å². The van der Waals surface area contributed by atoms with Crippen molar-refractivity contribution in [3.05, 3.63) is 0 Å². The number of hydrogen-bond donors (Lipinski definition) is 0. The zero-order chi connectivity index (χ0) is 16.1. The average Bonchev–Trinajstić information content (AvgIpc) is 2.46. The van der Waals surface area contributed by atoms with Crippen molar-refractivity contribution < 1.29 is 14.3 Å². The summed E-state index contributed by atoms with van der Waals surface area (Å²) < 4.78 is 5.89. The van der Waals surface area contributed by atoms with Crippen LogP contribution in [-0.2, 0) is 14.3 Å². The second kappa shape index (κ2) is 5.65. The Kier molecular flexibility index (Phi) is 4.11. The lowest BCUT2D eigenvalue weighted by Gasteiger charge is -2.52. The zero-order valence-corrected chi connectivity index (χ0v) is 14.4.